The monoisotopic (exact) mass is 248 g/mol. The predicted molar refractivity (Wildman–Crippen MR) is 75.6 cm³/mol. The summed E-state index contributed by atoms with van der Waals surface area (Å²) in [4.78, 5) is 0. The second-order valence-corrected chi connectivity index (χ2v) is 5.05. The summed E-state index contributed by atoms with van der Waals surface area (Å²) >= 11 is 0. The van der Waals surface area contributed by atoms with Gasteiger partial charge in [0.15, 0.2) is 0 Å². The summed E-state index contributed by atoms with van der Waals surface area (Å²) in [5.41, 5.74) is 7.95. The Labute approximate surface area is 110 Å². The second kappa shape index (κ2) is 6.76. The van der Waals surface area contributed by atoms with Gasteiger partial charge in [-0.15, -0.1) is 0 Å². The van der Waals surface area contributed by atoms with Gasteiger partial charge in [-0.25, -0.2) is 0 Å². The summed E-state index contributed by atoms with van der Waals surface area (Å²) in [5, 5.41) is 3.58. The summed E-state index contributed by atoms with van der Waals surface area (Å²) in [5.74, 6) is 0. The quantitative estimate of drug-likeness (QED) is 0.575. The topological polar surface area (TPSA) is 47.3 Å². The first-order valence-electron chi connectivity index (χ1n) is 6.97. The highest BCUT2D eigenvalue weighted by Gasteiger charge is 2.28. The van der Waals surface area contributed by atoms with E-state index in [1.54, 1.807) is 0 Å². The zero-order chi connectivity index (χ0) is 12.8. The molecule has 3 heteroatoms. The molecule has 0 heterocycles. The third kappa shape index (κ3) is 4.00. The minimum Gasteiger partial charge on any atom is -0.399 e. The molecule has 0 unspecified atom stereocenters. The SMILES string of the molecule is CCOC1CC(NCCCc2cccc(N)c2)C1. The Balaban J connectivity index is 1.55. The van der Waals surface area contributed by atoms with Crippen molar-refractivity contribution < 1.29 is 4.74 Å². The molecular formula is C15H24N2O. The Morgan fingerprint density at radius 1 is 1.39 bits per heavy atom. The Bertz CT molecular complexity index is 361. The maximum absolute atomic E-state index is 5.76. The van der Waals surface area contributed by atoms with Crippen LogP contribution in [0.15, 0.2) is 24.3 Å². The highest BCUT2D eigenvalue weighted by atomic mass is 16.5. The maximum atomic E-state index is 5.76. The van der Waals surface area contributed by atoms with Gasteiger partial charge in [0.1, 0.15) is 0 Å². The third-order valence-corrected chi connectivity index (χ3v) is 3.52. The van der Waals surface area contributed by atoms with Gasteiger partial charge in [-0.05, 0) is 56.8 Å². The predicted octanol–water partition coefficient (Wildman–Crippen LogP) is 2.36. The van der Waals surface area contributed by atoms with Crippen LogP contribution in [0, 0.1) is 0 Å². The van der Waals surface area contributed by atoms with Crippen LogP contribution >= 0.6 is 0 Å². The minimum atomic E-state index is 0.501. The van der Waals surface area contributed by atoms with E-state index >= 15 is 0 Å². The van der Waals surface area contributed by atoms with Gasteiger partial charge in [-0.1, -0.05) is 12.1 Å². The number of rotatable bonds is 7. The number of aryl methyl sites for hydroxylation is 1. The molecule has 0 saturated heterocycles. The summed E-state index contributed by atoms with van der Waals surface area (Å²) in [7, 11) is 0. The van der Waals surface area contributed by atoms with E-state index in [-0.39, 0.29) is 0 Å². The first-order chi connectivity index (χ1) is 8.78. The number of hydrogen-bond acceptors (Lipinski definition) is 3. The zero-order valence-corrected chi connectivity index (χ0v) is 11.2. The lowest BCUT2D eigenvalue weighted by Gasteiger charge is -2.35. The molecule has 2 rings (SSSR count). The van der Waals surface area contributed by atoms with Crippen LogP contribution in [0.25, 0.3) is 0 Å². The Kier molecular flexibility index (Phi) is 5.02. The zero-order valence-electron chi connectivity index (χ0n) is 11.2. The van der Waals surface area contributed by atoms with Crippen molar-refractivity contribution in [2.75, 3.05) is 18.9 Å². The number of ether oxygens (including phenoxy) is 1. The first-order valence-corrected chi connectivity index (χ1v) is 6.97. The second-order valence-electron chi connectivity index (χ2n) is 5.05. The molecule has 3 N–H and O–H groups in total. The van der Waals surface area contributed by atoms with Gasteiger partial charge in [0, 0.05) is 18.3 Å². The molecule has 1 aliphatic carbocycles. The van der Waals surface area contributed by atoms with Crippen molar-refractivity contribution in [1.29, 1.82) is 0 Å². The molecule has 3 nitrogen and oxygen atoms in total. The summed E-state index contributed by atoms with van der Waals surface area (Å²) in [6.45, 7) is 3.98. The number of hydrogen-bond donors (Lipinski definition) is 2. The van der Waals surface area contributed by atoms with Gasteiger partial charge in [0.2, 0.25) is 0 Å². The molecular weight excluding hydrogens is 224 g/mol. The van der Waals surface area contributed by atoms with Gasteiger partial charge in [-0.3, -0.25) is 0 Å². The van der Waals surface area contributed by atoms with Crippen LogP contribution in [-0.2, 0) is 11.2 Å². The van der Waals surface area contributed by atoms with E-state index in [0.717, 1.165) is 25.3 Å². The molecule has 1 fully saturated rings. The number of anilines is 1. The largest absolute Gasteiger partial charge is 0.399 e. The van der Waals surface area contributed by atoms with Crippen LogP contribution in [0.1, 0.15) is 31.7 Å². The van der Waals surface area contributed by atoms with Crippen molar-refractivity contribution in [2.24, 2.45) is 0 Å². The van der Waals surface area contributed by atoms with Crippen LogP contribution < -0.4 is 11.1 Å². The molecule has 100 valence electrons. The molecule has 0 bridgehead atoms. The highest BCUT2D eigenvalue weighted by Crippen LogP contribution is 2.23. The smallest absolute Gasteiger partial charge is 0.0604 e. The average molecular weight is 248 g/mol. The lowest BCUT2D eigenvalue weighted by molar-refractivity contribution is -0.00972. The molecule has 0 amide bonds. The summed E-state index contributed by atoms with van der Waals surface area (Å²) < 4.78 is 5.54. The standard InChI is InChI=1S/C15H24N2O/c1-2-18-15-10-14(11-15)17-8-4-6-12-5-3-7-13(16)9-12/h3,5,7,9,14-15,17H,2,4,6,8,10-11,16H2,1H3. The molecule has 1 aromatic carbocycles. The van der Waals surface area contributed by atoms with Gasteiger partial charge in [-0.2, -0.15) is 0 Å². The number of nitrogen functional groups attached to an aromatic ring is 1. The normalized spacial score (nSPS) is 22.7. The van der Waals surface area contributed by atoms with Crippen molar-refractivity contribution in [1.82, 2.24) is 5.32 Å². The Morgan fingerprint density at radius 3 is 2.94 bits per heavy atom. The van der Waals surface area contributed by atoms with Crippen LogP contribution in [-0.4, -0.2) is 25.3 Å². The van der Waals surface area contributed by atoms with Crippen molar-refractivity contribution in [3.63, 3.8) is 0 Å². The van der Waals surface area contributed by atoms with Crippen LogP contribution in [0.5, 0.6) is 0 Å². The molecule has 0 aromatic heterocycles. The molecule has 0 aliphatic heterocycles. The summed E-state index contributed by atoms with van der Waals surface area (Å²) in [6, 6.07) is 8.84. The van der Waals surface area contributed by atoms with E-state index in [4.69, 9.17) is 10.5 Å². The van der Waals surface area contributed by atoms with Gasteiger partial charge >= 0.3 is 0 Å². The molecule has 18 heavy (non-hydrogen) atoms. The van der Waals surface area contributed by atoms with Crippen molar-refractivity contribution in [3.05, 3.63) is 29.8 Å². The van der Waals surface area contributed by atoms with Gasteiger partial charge < -0.3 is 15.8 Å². The van der Waals surface area contributed by atoms with E-state index in [2.05, 4.69) is 24.4 Å². The van der Waals surface area contributed by atoms with Crippen molar-refractivity contribution >= 4 is 5.69 Å². The Morgan fingerprint density at radius 2 is 2.22 bits per heavy atom. The van der Waals surface area contributed by atoms with Crippen molar-refractivity contribution in [2.45, 2.75) is 44.8 Å². The molecule has 1 aliphatic rings. The lowest BCUT2D eigenvalue weighted by atomic mass is 9.89. The van der Waals surface area contributed by atoms with Gasteiger partial charge in [0.05, 0.1) is 6.10 Å². The lowest BCUT2D eigenvalue weighted by Crippen LogP contribution is -2.45. The number of nitrogens with one attached hydrogen (secondary N) is 1. The average Bonchev–Trinajstić information content (AvgIpc) is 2.31. The molecule has 0 spiro atoms. The minimum absolute atomic E-state index is 0.501. The van der Waals surface area contributed by atoms with E-state index in [9.17, 15) is 0 Å². The summed E-state index contributed by atoms with van der Waals surface area (Å²) in [6.07, 6.45) is 5.11. The Hall–Kier alpha value is -1.06. The maximum Gasteiger partial charge on any atom is 0.0604 e. The van der Waals surface area contributed by atoms with Gasteiger partial charge in [0.25, 0.3) is 0 Å². The van der Waals surface area contributed by atoms with E-state index in [0.29, 0.717) is 12.1 Å². The molecule has 1 aromatic rings. The van der Waals surface area contributed by atoms with Crippen LogP contribution in [0.3, 0.4) is 0 Å². The van der Waals surface area contributed by atoms with E-state index < -0.39 is 0 Å². The fourth-order valence-electron chi connectivity index (χ4n) is 2.45. The van der Waals surface area contributed by atoms with E-state index in [1.165, 1.54) is 24.8 Å². The fraction of sp³-hybridized carbons (Fsp3) is 0.600. The van der Waals surface area contributed by atoms with E-state index in [1.807, 2.05) is 12.1 Å². The number of nitrogens with two attached hydrogens (primary N) is 1. The molecule has 0 atom stereocenters. The van der Waals surface area contributed by atoms with Crippen LogP contribution in [0.4, 0.5) is 5.69 Å². The first kappa shape index (κ1) is 13.4. The number of benzene rings is 1. The van der Waals surface area contributed by atoms with Crippen molar-refractivity contribution in [3.8, 4) is 0 Å². The third-order valence-electron chi connectivity index (χ3n) is 3.52. The van der Waals surface area contributed by atoms with Crippen LogP contribution in [0.2, 0.25) is 0 Å². The molecule has 0 radical (unpaired) electrons. The molecule has 1 saturated carbocycles. The fourth-order valence-corrected chi connectivity index (χ4v) is 2.45. The highest BCUT2D eigenvalue weighted by molar-refractivity contribution is 5.40.